The Morgan fingerprint density at radius 3 is 2.12 bits per heavy atom. The molecule has 10 nitrogen and oxygen atoms in total. The van der Waals surface area contributed by atoms with Crippen LogP contribution in [0.25, 0.3) is 0 Å². The number of nitrogens with zero attached hydrogens (tertiary/aromatic N) is 1. The van der Waals surface area contributed by atoms with Gasteiger partial charge in [0.25, 0.3) is 5.91 Å². The van der Waals surface area contributed by atoms with Crippen LogP contribution in [0.4, 0.5) is 10.5 Å². The fraction of sp³-hybridized carbons (Fsp3) is 0.515. The van der Waals surface area contributed by atoms with Crippen molar-refractivity contribution in [1.82, 2.24) is 10.2 Å². The lowest BCUT2D eigenvalue weighted by atomic mass is 9.99. The predicted molar refractivity (Wildman–Crippen MR) is 168 cm³/mol. The van der Waals surface area contributed by atoms with E-state index in [1.807, 2.05) is 31.2 Å². The van der Waals surface area contributed by atoms with Gasteiger partial charge >= 0.3 is 6.09 Å². The number of methoxy groups -OCH3 is 1. The number of carbonyl (C=O) groups excluding carboxylic acids is 4. The van der Waals surface area contributed by atoms with Crippen molar-refractivity contribution in [3.63, 3.8) is 0 Å². The van der Waals surface area contributed by atoms with Crippen molar-refractivity contribution in [3.8, 4) is 5.75 Å². The second kappa shape index (κ2) is 17.1. The topological polar surface area (TPSA) is 140 Å². The van der Waals surface area contributed by atoms with Gasteiger partial charge in [0.05, 0.1) is 7.11 Å². The van der Waals surface area contributed by atoms with Crippen LogP contribution in [0.5, 0.6) is 5.75 Å². The fourth-order valence-corrected chi connectivity index (χ4v) is 4.55. The molecule has 0 heterocycles. The summed E-state index contributed by atoms with van der Waals surface area (Å²) in [6.07, 6.45) is 3.66. The molecule has 0 aliphatic carbocycles. The Hall–Kier alpha value is -4.08. The third-order valence-corrected chi connectivity index (χ3v) is 6.76. The average molecular weight is 597 g/mol. The fourth-order valence-electron chi connectivity index (χ4n) is 4.55. The van der Waals surface area contributed by atoms with Crippen molar-refractivity contribution < 1.29 is 28.7 Å². The molecule has 4 N–H and O–H groups in total. The van der Waals surface area contributed by atoms with Gasteiger partial charge in [0, 0.05) is 18.7 Å². The van der Waals surface area contributed by atoms with E-state index >= 15 is 0 Å². The summed E-state index contributed by atoms with van der Waals surface area (Å²) in [6.45, 7) is 9.47. The van der Waals surface area contributed by atoms with Crippen molar-refractivity contribution in [2.45, 2.75) is 97.2 Å². The van der Waals surface area contributed by atoms with Crippen LogP contribution in [-0.2, 0) is 19.1 Å². The standard InChI is InChI=1S/C33H48N4O6/c1-7-8-9-10-11-22-37(31(40)27(20-21-28(34)38)36-32(41)43-33(3,4)5)29(24-14-12-23(2)13-15-24)30(39)35-25-16-18-26(42-6)19-17-25/h12-19,27,29H,7-11,20-22H2,1-6H3,(H2,34,38)(H,35,39)(H,36,41). The van der Waals surface area contributed by atoms with E-state index in [-0.39, 0.29) is 19.4 Å². The molecule has 4 amide bonds. The molecule has 2 rings (SSSR count). The Kier molecular flexibility index (Phi) is 14.0. The second-order valence-electron chi connectivity index (χ2n) is 11.7. The minimum Gasteiger partial charge on any atom is -0.497 e. The van der Waals surface area contributed by atoms with Gasteiger partial charge in [-0.2, -0.15) is 0 Å². The lowest BCUT2D eigenvalue weighted by Gasteiger charge is -2.34. The minimum atomic E-state index is -1.14. The highest BCUT2D eigenvalue weighted by Gasteiger charge is 2.36. The van der Waals surface area contributed by atoms with Crippen molar-refractivity contribution in [1.29, 1.82) is 0 Å². The van der Waals surface area contributed by atoms with Crippen LogP contribution in [0, 0.1) is 6.92 Å². The molecule has 0 aliphatic heterocycles. The summed E-state index contributed by atoms with van der Waals surface area (Å²) in [6, 6.07) is 12.2. The first-order valence-electron chi connectivity index (χ1n) is 14.9. The molecule has 0 aliphatic rings. The van der Waals surface area contributed by atoms with Crippen LogP contribution in [0.1, 0.15) is 89.8 Å². The Labute approximate surface area is 255 Å². The van der Waals surface area contributed by atoms with Gasteiger partial charge in [-0.1, -0.05) is 62.4 Å². The van der Waals surface area contributed by atoms with E-state index in [0.717, 1.165) is 31.2 Å². The van der Waals surface area contributed by atoms with Crippen molar-refractivity contribution in [2.24, 2.45) is 5.73 Å². The van der Waals surface area contributed by atoms with Crippen molar-refractivity contribution in [3.05, 3.63) is 59.7 Å². The Bertz CT molecular complexity index is 1190. The number of nitrogens with one attached hydrogen (secondary N) is 2. The number of carbonyl (C=O) groups is 4. The number of hydrogen-bond donors (Lipinski definition) is 3. The monoisotopic (exact) mass is 596 g/mol. The molecule has 0 bridgehead atoms. The minimum absolute atomic E-state index is 0.0412. The van der Waals surface area contributed by atoms with Crippen LogP contribution in [-0.4, -0.2) is 54.0 Å². The number of nitrogens with two attached hydrogens (primary N) is 1. The van der Waals surface area contributed by atoms with Crippen LogP contribution < -0.4 is 21.1 Å². The first-order chi connectivity index (χ1) is 20.3. The van der Waals surface area contributed by atoms with Gasteiger partial charge in [-0.15, -0.1) is 0 Å². The number of alkyl carbamates (subject to hydrolysis) is 1. The van der Waals surface area contributed by atoms with Gasteiger partial charge in [0.2, 0.25) is 11.8 Å². The van der Waals surface area contributed by atoms with E-state index < -0.39 is 41.5 Å². The zero-order valence-electron chi connectivity index (χ0n) is 26.4. The van der Waals surface area contributed by atoms with Gasteiger partial charge in [-0.3, -0.25) is 14.4 Å². The molecule has 0 fully saturated rings. The number of benzene rings is 2. The van der Waals surface area contributed by atoms with Crippen molar-refractivity contribution >= 4 is 29.5 Å². The number of unbranched alkanes of at least 4 members (excludes halogenated alkanes) is 4. The number of amides is 4. The zero-order valence-corrected chi connectivity index (χ0v) is 26.4. The Morgan fingerprint density at radius 1 is 0.930 bits per heavy atom. The van der Waals surface area contributed by atoms with Gasteiger partial charge in [0.15, 0.2) is 0 Å². The van der Waals surface area contributed by atoms with E-state index in [4.69, 9.17) is 15.2 Å². The van der Waals surface area contributed by atoms with Gasteiger partial charge in [-0.25, -0.2) is 4.79 Å². The summed E-state index contributed by atoms with van der Waals surface area (Å²) in [4.78, 5) is 54.3. The maximum absolute atomic E-state index is 14.3. The van der Waals surface area contributed by atoms with Gasteiger partial charge < -0.3 is 30.7 Å². The maximum atomic E-state index is 14.3. The molecule has 0 spiro atoms. The number of rotatable bonds is 16. The largest absolute Gasteiger partial charge is 0.497 e. The number of primary amides is 1. The molecule has 2 unspecified atom stereocenters. The summed E-state index contributed by atoms with van der Waals surface area (Å²) in [5, 5.41) is 5.57. The SMILES string of the molecule is CCCCCCCN(C(=O)C(CCC(N)=O)NC(=O)OC(C)(C)C)C(C(=O)Nc1ccc(OC)cc1)c1ccc(C)cc1. The predicted octanol–water partition coefficient (Wildman–Crippen LogP) is 5.64. The maximum Gasteiger partial charge on any atom is 0.408 e. The zero-order chi connectivity index (χ0) is 32.0. The Balaban J connectivity index is 2.52. The third-order valence-electron chi connectivity index (χ3n) is 6.76. The first kappa shape index (κ1) is 35.1. The molecule has 10 heteroatoms. The number of anilines is 1. The number of ether oxygens (including phenoxy) is 2. The molecular weight excluding hydrogens is 548 g/mol. The third kappa shape index (κ3) is 12.4. The average Bonchev–Trinajstić information content (AvgIpc) is 2.94. The van der Waals surface area contributed by atoms with Crippen LogP contribution >= 0.6 is 0 Å². The lowest BCUT2D eigenvalue weighted by Crippen LogP contribution is -2.52. The summed E-state index contributed by atoms with van der Waals surface area (Å²) in [7, 11) is 1.56. The molecule has 2 aromatic carbocycles. The molecule has 2 atom stereocenters. The highest BCUT2D eigenvalue weighted by molar-refractivity contribution is 5.99. The molecule has 0 saturated heterocycles. The highest BCUT2D eigenvalue weighted by atomic mass is 16.6. The van der Waals surface area contributed by atoms with E-state index in [1.165, 1.54) is 4.90 Å². The quantitative estimate of drug-likeness (QED) is 0.214. The molecule has 0 aromatic heterocycles. The highest BCUT2D eigenvalue weighted by Crippen LogP contribution is 2.27. The second-order valence-corrected chi connectivity index (χ2v) is 11.7. The normalized spacial score (nSPS) is 12.5. The number of hydrogen-bond acceptors (Lipinski definition) is 6. The molecule has 0 radical (unpaired) electrons. The van der Waals surface area contributed by atoms with Crippen LogP contribution in [0.15, 0.2) is 48.5 Å². The molecule has 0 saturated carbocycles. The molecule has 43 heavy (non-hydrogen) atoms. The summed E-state index contributed by atoms with van der Waals surface area (Å²) >= 11 is 0. The summed E-state index contributed by atoms with van der Waals surface area (Å²) in [5.41, 5.74) is 6.77. The summed E-state index contributed by atoms with van der Waals surface area (Å²) in [5.74, 6) is -0.885. The first-order valence-corrected chi connectivity index (χ1v) is 14.9. The molecule has 2 aromatic rings. The van der Waals surface area contributed by atoms with E-state index in [2.05, 4.69) is 17.6 Å². The molecular formula is C33H48N4O6. The Morgan fingerprint density at radius 2 is 1.56 bits per heavy atom. The number of aryl methyl sites for hydroxylation is 1. The van der Waals surface area contributed by atoms with E-state index in [0.29, 0.717) is 23.4 Å². The van der Waals surface area contributed by atoms with Gasteiger partial charge in [0.1, 0.15) is 23.4 Å². The van der Waals surface area contributed by atoms with E-state index in [1.54, 1.807) is 52.1 Å². The molecule has 236 valence electrons. The smallest absolute Gasteiger partial charge is 0.408 e. The van der Waals surface area contributed by atoms with Crippen LogP contribution in [0.3, 0.4) is 0 Å². The van der Waals surface area contributed by atoms with Crippen molar-refractivity contribution in [2.75, 3.05) is 19.0 Å². The summed E-state index contributed by atoms with van der Waals surface area (Å²) < 4.78 is 10.6. The van der Waals surface area contributed by atoms with E-state index in [9.17, 15) is 19.2 Å². The lowest BCUT2D eigenvalue weighted by molar-refractivity contribution is -0.141. The van der Waals surface area contributed by atoms with Crippen LogP contribution in [0.2, 0.25) is 0 Å². The van der Waals surface area contributed by atoms with Gasteiger partial charge in [-0.05, 0) is 70.4 Å².